The summed E-state index contributed by atoms with van der Waals surface area (Å²) in [5.41, 5.74) is 4.73. The van der Waals surface area contributed by atoms with Crippen LogP contribution in [0.1, 0.15) is 35.0 Å². The van der Waals surface area contributed by atoms with Crippen molar-refractivity contribution < 1.29 is 4.79 Å². The van der Waals surface area contributed by atoms with Crippen LogP contribution in [0.4, 0.5) is 11.5 Å². The van der Waals surface area contributed by atoms with Gasteiger partial charge in [-0.3, -0.25) is 4.79 Å². The molecule has 0 fully saturated rings. The van der Waals surface area contributed by atoms with Crippen LogP contribution in [0.2, 0.25) is 0 Å². The third kappa shape index (κ3) is 2.90. The van der Waals surface area contributed by atoms with Gasteiger partial charge in [0, 0.05) is 12.1 Å². The van der Waals surface area contributed by atoms with Crippen molar-refractivity contribution in [2.75, 3.05) is 5.32 Å². The van der Waals surface area contributed by atoms with Crippen LogP contribution in [-0.4, -0.2) is 20.5 Å². The monoisotopic (exact) mass is 388 g/mol. The van der Waals surface area contributed by atoms with Crippen LogP contribution in [0.15, 0.2) is 48.5 Å². The van der Waals surface area contributed by atoms with E-state index in [0.717, 1.165) is 33.2 Å². The molecule has 5 rings (SSSR count). The molecule has 0 aliphatic heterocycles. The number of nitrogens with one attached hydrogen (secondary N) is 1. The van der Waals surface area contributed by atoms with Gasteiger partial charge in [0.2, 0.25) is 5.13 Å². The molecular formula is C22H20N4OS. The van der Waals surface area contributed by atoms with Gasteiger partial charge in [-0.25, -0.2) is 9.67 Å². The van der Waals surface area contributed by atoms with Crippen LogP contribution in [0, 0.1) is 12.8 Å². The van der Waals surface area contributed by atoms with E-state index in [4.69, 9.17) is 10.1 Å². The van der Waals surface area contributed by atoms with Gasteiger partial charge in [0.15, 0.2) is 11.6 Å². The molecule has 2 aromatic carbocycles. The lowest BCUT2D eigenvalue weighted by Crippen LogP contribution is -2.19. The van der Waals surface area contributed by atoms with Crippen molar-refractivity contribution >= 4 is 38.8 Å². The zero-order valence-corrected chi connectivity index (χ0v) is 16.6. The fourth-order valence-electron chi connectivity index (χ4n) is 3.73. The number of aryl methyl sites for hydroxylation is 1. The highest BCUT2D eigenvalue weighted by Crippen LogP contribution is 2.35. The molecule has 2 heterocycles. The summed E-state index contributed by atoms with van der Waals surface area (Å²) in [5.74, 6) is 1.07. The third-order valence-corrected chi connectivity index (χ3v) is 6.13. The lowest BCUT2D eigenvalue weighted by atomic mass is 9.88. The smallest absolute Gasteiger partial charge is 0.211 e. The van der Waals surface area contributed by atoms with Crippen molar-refractivity contribution in [3.05, 3.63) is 65.4 Å². The average Bonchev–Trinajstić information content (AvgIpc) is 3.25. The molecule has 1 aliphatic carbocycles. The normalized spacial score (nSPS) is 16.4. The summed E-state index contributed by atoms with van der Waals surface area (Å²) in [6.07, 6.45) is 1.38. The number of nitrogens with zero attached hydrogens (tertiary/aromatic N) is 3. The summed E-state index contributed by atoms with van der Waals surface area (Å²) in [5, 5.41) is 8.95. The molecule has 140 valence electrons. The van der Waals surface area contributed by atoms with E-state index in [2.05, 4.69) is 25.2 Å². The molecule has 0 amide bonds. The lowest BCUT2D eigenvalue weighted by Gasteiger charge is -2.18. The van der Waals surface area contributed by atoms with Gasteiger partial charge in [-0.1, -0.05) is 48.1 Å². The number of carbonyl (C=O) groups excluding carboxylic acids is 1. The Labute approximate surface area is 167 Å². The fraction of sp³-hybridized carbons (Fsp3) is 0.227. The van der Waals surface area contributed by atoms with E-state index in [0.29, 0.717) is 23.7 Å². The number of rotatable bonds is 3. The number of thiazole rings is 1. The maximum Gasteiger partial charge on any atom is 0.211 e. The Morgan fingerprint density at radius 3 is 2.68 bits per heavy atom. The third-order valence-electron chi connectivity index (χ3n) is 5.11. The molecule has 5 nitrogen and oxygen atoms in total. The Hall–Kier alpha value is -2.99. The number of ketones is 1. The molecular weight excluding hydrogens is 368 g/mol. The van der Waals surface area contributed by atoms with Gasteiger partial charge >= 0.3 is 0 Å². The number of hydrogen-bond acceptors (Lipinski definition) is 5. The molecule has 1 N–H and O–H groups in total. The summed E-state index contributed by atoms with van der Waals surface area (Å²) in [7, 11) is 0. The highest BCUT2D eigenvalue weighted by atomic mass is 32.1. The number of fused-ring (bicyclic) bond motifs is 2. The largest absolute Gasteiger partial charge is 0.338 e. The average molecular weight is 388 g/mol. The van der Waals surface area contributed by atoms with Gasteiger partial charge < -0.3 is 5.32 Å². The molecule has 6 heteroatoms. The van der Waals surface area contributed by atoms with E-state index in [9.17, 15) is 4.79 Å². The van der Waals surface area contributed by atoms with E-state index >= 15 is 0 Å². The van der Waals surface area contributed by atoms with Gasteiger partial charge in [-0.15, -0.1) is 5.10 Å². The molecule has 1 aliphatic rings. The molecule has 1 atom stereocenters. The highest BCUT2D eigenvalue weighted by Gasteiger charge is 2.31. The topological polar surface area (TPSA) is 59.8 Å². The number of anilines is 2. The predicted molar refractivity (Wildman–Crippen MR) is 113 cm³/mol. The Morgan fingerprint density at radius 1 is 1.11 bits per heavy atom. The van der Waals surface area contributed by atoms with Crippen molar-refractivity contribution in [1.29, 1.82) is 0 Å². The van der Waals surface area contributed by atoms with E-state index in [1.165, 1.54) is 5.56 Å². The number of Topliss-reactive ketones (excluding diaryl/α,β-unsaturated/α-hetero) is 1. The van der Waals surface area contributed by atoms with Gasteiger partial charge in [0.1, 0.15) is 0 Å². The van der Waals surface area contributed by atoms with Crippen molar-refractivity contribution in [2.45, 2.75) is 26.7 Å². The van der Waals surface area contributed by atoms with Gasteiger partial charge in [0.05, 0.1) is 21.5 Å². The first-order valence-corrected chi connectivity index (χ1v) is 10.2. The van der Waals surface area contributed by atoms with Crippen molar-refractivity contribution in [3.63, 3.8) is 0 Å². The summed E-state index contributed by atoms with van der Waals surface area (Å²) in [6.45, 7) is 4.17. The second-order valence-corrected chi connectivity index (χ2v) is 8.48. The first kappa shape index (κ1) is 17.1. The quantitative estimate of drug-likeness (QED) is 0.517. The lowest BCUT2D eigenvalue weighted by molar-refractivity contribution is 0.0953. The molecule has 2 aromatic heterocycles. The molecule has 0 saturated heterocycles. The van der Waals surface area contributed by atoms with E-state index < -0.39 is 0 Å². The molecule has 1 unspecified atom stereocenters. The zero-order valence-electron chi connectivity index (χ0n) is 15.8. The SMILES string of the molecule is Cc1ccc(Nc2nn(-c3nc4ccccc4s3)c3c2C(=O)CC(C)C3)cc1. The van der Waals surface area contributed by atoms with E-state index in [1.807, 2.05) is 47.1 Å². The number of hydrogen-bond donors (Lipinski definition) is 1. The van der Waals surface area contributed by atoms with Crippen LogP contribution in [0.3, 0.4) is 0 Å². The minimum Gasteiger partial charge on any atom is -0.338 e. The van der Waals surface area contributed by atoms with Crippen LogP contribution in [0.25, 0.3) is 15.3 Å². The minimum atomic E-state index is 0.149. The Morgan fingerprint density at radius 2 is 1.89 bits per heavy atom. The molecule has 0 saturated carbocycles. The van der Waals surface area contributed by atoms with E-state index in [1.54, 1.807) is 11.3 Å². The molecule has 0 bridgehead atoms. The van der Waals surface area contributed by atoms with Crippen LogP contribution >= 0.6 is 11.3 Å². The van der Waals surface area contributed by atoms with Crippen LogP contribution in [-0.2, 0) is 6.42 Å². The highest BCUT2D eigenvalue weighted by molar-refractivity contribution is 7.20. The Bertz CT molecular complexity index is 1160. The van der Waals surface area contributed by atoms with Crippen LogP contribution in [0.5, 0.6) is 0 Å². The molecule has 4 aromatic rings. The van der Waals surface area contributed by atoms with Crippen molar-refractivity contribution in [3.8, 4) is 5.13 Å². The number of benzene rings is 2. The summed E-state index contributed by atoms with van der Waals surface area (Å²) < 4.78 is 2.98. The first-order valence-electron chi connectivity index (χ1n) is 9.43. The number of carbonyl (C=O) groups is 1. The molecule has 0 radical (unpaired) electrons. The van der Waals surface area contributed by atoms with Gasteiger partial charge in [-0.2, -0.15) is 0 Å². The standard InChI is InChI=1S/C22H20N4OS/c1-13-7-9-15(10-8-13)23-21-20-17(11-14(2)12-18(20)27)26(25-21)22-24-16-5-3-4-6-19(16)28-22/h3-10,14H,11-12H2,1-2H3,(H,23,25). The number of aromatic nitrogens is 3. The molecule has 0 spiro atoms. The summed E-state index contributed by atoms with van der Waals surface area (Å²) in [4.78, 5) is 17.6. The van der Waals surface area contributed by atoms with Gasteiger partial charge in [0.25, 0.3) is 0 Å². The fourth-order valence-corrected chi connectivity index (χ4v) is 4.67. The second-order valence-electron chi connectivity index (χ2n) is 7.47. The maximum atomic E-state index is 12.9. The second kappa shape index (κ2) is 6.56. The van der Waals surface area contributed by atoms with Crippen molar-refractivity contribution in [2.24, 2.45) is 5.92 Å². The number of para-hydroxylation sites is 1. The maximum absolute atomic E-state index is 12.9. The van der Waals surface area contributed by atoms with Crippen molar-refractivity contribution in [1.82, 2.24) is 14.8 Å². The summed E-state index contributed by atoms with van der Waals surface area (Å²) in [6, 6.07) is 16.2. The zero-order chi connectivity index (χ0) is 19.3. The van der Waals surface area contributed by atoms with Crippen LogP contribution < -0.4 is 5.32 Å². The van der Waals surface area contributed by atoms with E-state index in [-0.39, 0.29) is 5.78 Å². The predicted octanol–water partition coefficient (Wildman–Crippen LogP) is 5.30. The first-order chi connectivity index (χ1) is 13.6. The minimum absolute atomic E-state index is 0.149. The Kier molecular flexibility index (Phi) is 4.02. The summed E-state index contributed by atoms with van der Waals surface area (Å²) >= 11 is 1.60. The van der Waals surface area contributed by atoms with Gasteiger partial charge in [-0.05, 0) is 43.5 Å². The Balaban J connectivity index is 1.64. The molecule has 28 heavy (non-hydrogen) atoms.